The predicted molar refractivity (Wildman–Crippen MR) is 72.8 cm³/mol. The number of nitrogens with two attached hydrogens (primary N) is 1. The van der Waals surface area contributed by atoms with Crippen LogP contribution in [0.2, 0.25) is 0 Å². The van der Waals surface area contributed by atoms with Crippen molar-refractivity contribution >= 4 is 28.1 Å². The maximum absolute atomic E-state index is 11.3. The molecule has 0 aliphatic rings. The van der Waals surface area contributed by atoms with E-state index in [0.29, 0.717) is 29.7 Å². The summed E-state index contributed by atoms with van der Waals surface area (Å²) in [5.74, 6) is 7.78. The van der Waals surface area contributed by atoms with Gasteiger partial charge in [-0.05, 0) is 0 Å². The van der Waals surface area contributed by atoms with E-state index in [0.717, 1.165) is 5.65 Å². The second-order valence-electron chi connectivity index (χ2n) is 3.64. The van der Waals surface area contributed by atoms with Crippen LogP contribution < -0.4 is 16.6 Å². The topological polar surface area (TPSA) is 97.3 Å². The fourth-order valence-electron chi connectivity index (χ4n) is 1.55. The minimum atomic E-state index is -0.790. The Kier molecular flexibility index (Phi) is 4.11. The molecule has 2 aromatic rings. The molecule has 0 radical (unpaired) electrons. The third-order valence-electron chi connectivity index (χ3n) is 2.47. The van der Waals surface area contributed by atoms with Crippen molar-refractivity contribution in [3.8, 4) is 0 Å². The molecule has 4 N–H and O–H groups in total. The van der Waals surface area contributed by atoms with Gasteiger partial charge in [-0.2, -0.15) is 0 Å². The molecule has 0 aliphatic carbocycles. The zero-order chi connectivity index (χ0) is 13.0. The molecule has 8 heteroatoms. The Morgan fingerprint density at radius 1 is 1.56 bits per heavy atom. The normalized spacial score (nSPS) is 12.6. The minimum absolute atomic E-state index is 0.541. The number of nitrogens with one attached hydrogen (secondary N) is 2. The fraction of sp³-hybridized carbons (Fsp3) is 0.400. The SMILES string of the molecule is CCS(=O)CCNc1nc(NN)cn2ccnc12. The van der Waals surface area contributed by atoms with Crippen molar-refractivity contribution in [1.82, 2.24) is 14.4 Å². The van der Waals surface area contributed by atoms with Gasteiger partial charge in [-0.1, -0.05) is 6.92 Å². The molecule has 1 unspecified atom stereocenters. The molecule has 2 rings (SSSR count). The predicted octanol–water partition coefficient (Wildman–Crippen LogP) is 0.195. The molecule has 18 heavy (non-hydrogen) atoms. The van der Waals surface area contributed by atoms with Crippen LogP contribution in [0.3, 0.4) is 0 Å². The molecule has 0 amide bonds. The van der Waals surface area contributed by atoms with Gasteiger partial charge in [0.1, 0.15) is 0 Å². The smallest absolute Gasteiger partial charge is 0.180 e. The lowest BCUT2D eigenvalue weighted by atomic mass is 10.5. The lowest BCUT2D eigenvalue weighted by Gasteiger charge is -2.08. The number of imidazole rings is 1. The second-order valence-corrected chi connectivity index (χ2v) is 5.50. The number of rotatable bonds is 6. The van der Waals surface area contributed by atoms with Gasteiger partial charge in [-0.25, -0.2) is 15.8 Å². The number of fused-ring (bicyclic) bond motifs is 1. The lowest BCUT2D eigenvalue weighted by molar-refractivity contribution is 0.684. The molecule has 2 heterocycles. The Labute approximate surface area is 107 Å². The van der Waals surface area contributed by atoms with Gasteiger partial charge in [0.05, 0.1) is 6.20 Å². The molecular weight excluding hydrogens is 252 g/mol. The number of nitrogen functional groups attached to an aromatic ring is 1. The van der Waals surface area contributed by atoms with Gasteiger partial charge < -0.3 is 15.1 Å². The molecule has 0 bridgehead atoms. The van der Waals surface area contributed by atoms with Gasteiger partial charge >= 0.3 is 0 Å². The first-order valence-corrected chi connectivity index (χ1v) is 7.12. The Morgan fingerprint density at radius 2 is 2.39 bits per heavy atom. The molecule has 0 aliphatic heterocycles. The van der Waals surface area contributed by atoms with Crippen molar-refractivity contribution < 1.29 is 4.21 Å². The number of hydrogen-bond donors (Lipinski definition) is 3. The molecule has 1 atom stereocenters. The van der Waals surface area contributed by atoms with Crippen LogP contribution in [0.4, 0.5) is 11.6 Å². The quantitative estimate of drug-likeness (QED) is 0.511. The first-order chi connectivity index (χ1) is 8.74. The lowest BCUT2D eigenvalue weighted by Crippen LogP contribution is -2.15. The van der Waals surface area contributed by atoms with Crippen LogP contribution in [0.15, 0.2) is 18.6 Å². The first-order valence-electron chi connectivity index (χ1n) is 5.63. The van der Waals surface area contributed by atoms with E-state index in [4.69, 9.17) is 5.84 Å². The van der Waals surface area contributed by atoms with Gasteiger partial charge in [0.2, 0.25) is 0 Å². The highest BCUT2D eigenvalue weighted by atomic mass is 32.2. The average molecular weight is 268 g/mol. The number of nitrogens with zero attached hydrogens (tertiary/aromatic N) is 3. The van der Waals surface area contributed by atoms with E-state index >= 15 is 0 Å². The standard InChI is InChI=1S/C10H16N6OS/c1-2-18(17)6-4-12-9-10-13-3-5-16(10)7-8(14-9)15-11/h3,5,7,15H,2,4,6,11H2,1H3,(H,12,14). The summed E-state index contributed by atoms with van der Waals surface area (Å²) < 4.78 is 13.2. The van der Waals surface area contributed by atoms with Crippen LogP contribution in [0.5, 0.6) is 0 Å². The molecule has 0 spiro atoms. The third kappa shape index (κ3) is 2.77. The Morgan fingerprint density at radius 3 is 3.11 bits per heavy atom. The highest BCUT2D eigenvalue weighted by Gasteiger charge is 2.06. The second kappa shape index (κ2) is 5.78. The summed E-state index contributed by atoms with van der Waals surface area (Å²) in [6.45, 7) is 2.49. The molecule has 98 valence electrons. The van der Waals surface area contributed by atoms with E-state index in [1.165, 1.54) is 0 Å². The molecule has 0 aromatic carbocycles. The summed E-state index contributed by atoms with van der Waals surface area (Å²) in [6.07, 6.45) is 5.25. The summed E-state index contributed by atoms with van der Waals surface area (Å²) in [6, 6.07) is 0. The van der Waals surface area contributed by atoms with Gasteiger partial charge in [-0.15, -0.1) is 0 Å². The highest BCUT2D eigenvalue weighted by molar-refractivity contribution is 7.84. The molecular formula is C10H16N6OS. The van der Waals surface area contributed by atoms with Crippen LogP contribution in [0.1, 0.15) is 6.92 Å². The summed E-state index contributed by atoms with van der Waals surface area (Å²) in [5.41, 5.74) is 3.22. The molecule has 0 saturated carbocycles. The maximum Gasteiger partial charge on any atom is 0.180 e. The molecule has 0 fully saturated rings. The summed E-state index contributed by atoms with van der Waals surface area (Å²) in [5, 5.41) is 3.13. The van der Waals surface area contributed by atoms with Crippen molar-refractivity contribution in [2.75, 3.05) is 28.8 Å². The molecule has 2 aromatic heterocycles. The minimum Gasteiger partial charge on any atom is -0.366 e. The van der Waals surface area contributed by atoms with Crippen LogP contribution >= 0.6 is 0 Å². The Hall–Kier alpha value is -1.67. The van der Waals surface area contributed by atoms with Crippen LogP contribution in [0, 0.1) is 0 Å². The van der Waals surface area contributed by atoms with Gasteiger partial charge in [-0.3, -0.25) is 4.21 Å². The van der Waals surface area contributed by atoms with Crippen molar-refractivity contribution in [3.63, 3.8) is 0 Å². The first kappa shape index (κ1) is 12.8. The van der Waals surface area contributed by atoms with Crippen molar-refractivity contribution in [1.29, 1.82) is 0 Å². The van der Waals surface area contributed by atoms with Crippen LogP contribution in [-0.4, -0.2) is 36.6 Å². The van der Waals surface area contributed by atoms with Crippen molar-refractivity contribution in [2.24, 2.45) is 5.84 Å². The average Bonchev–Trinajstić information content (AvgIpc) is 2.86. The van der Waals surface area contributed by atoms with E-state index in [9.17, 15) is 4.21 Å². The largest absolute Gasteiger partial charge is 0.366 e. The van der Waals surface area contributed by atoms with Gasteiger partial charge in [0.25, 0.3) is 0 Å². The monoisotopic (exact) mass is 268 g/mol. The van der Waals surface area contributed by atoms with E-state index < -0.39 is 10.8 Å². The molecule has 0 saturated heterocycles. The van der Waals surface area contributed by atoms with Crippen molar-refractivity contribution in [3.05, 3.63) is 18.6 Å². The Balaban J connectivity index is 2.15. The van der Waals surface area contributed by atoms with Crippen LogP contribution in [-0.2, 0) is 10.8 Å². The summed E-state index contributed by atoms with van der Waals surface area (Å²) in [4.78, 5) is 8.49. The number of aromatic nitrogens is 3. The zero-order valence-electron chi connectivity index (χ0n) is 10.1. The Bertz CT molecular complexity index is 554. The van der Waals surface area contributed by atoms with E-state index in [2.05, 4.69) is 20.7 Å². The summed E-state index contributed by atoms with van der Waals surface area (Å²) >= 11 is 0. The van der Waals surface area contributed by atoms with E-state index in [-0.39, 0.29) is 0 Å². The number of anilines is 2. The number of hydrogen-bond acceptors (Lipinski definition) is 6. The third-order valence-corrected chi connectivity index (χ3v) is 3.77. The zero-order valence-corrected chi connectivity index (χ0v) is 10.9. The maximum atomic E-state index is 11.3. The molecule has 7 nitrogen and oxygen atoms in total. The van der Waals surface area contributed by atoms with Gasteiger partial charge in [0, 0.05) is 41.2 Å². The number of hydrazine groups is 1. The van der Waals surface area contributed by atoms with Crippen LogP contribution in [0.25, 0.3) is 5.65 Å². The van der Waals surface area contributed by atoms with E-state index in [1.54, 1.807) is 12.4 Å². The summed E-state index contributed by atoms with van der Waals surface area (Å²) in [7, 11) is -0.790. The fourth-order valence-corrected chi connectivity index (χ4v) is 2.17. The van der Waals surface area contributed by atoms with Gasteiger partial charge in [0.15, 0.2) is 17.3 Å². The van der Waals surface area contributed by atoms with Crippen molar-refractivity contribution in [2.45, 2.75) is 6.92 Å². The highest BCUT2D eigenvalue weighted by Crippen LogP contribution is 2.15. The van der Waals surface area contributed by atoms with E-state index in [1.807, 2.05) is 17.5 Å².